The lowest BCUT2D eigenvalue weighted by atomic mass is 10.0. The fraction of sp³-hybridized carbons (Fsp3) is 0.211. The Hall–Kier alpha value is -2.18. The third-order valence-corrected chi connectivity index (χ3v) is 5.07. The molecule has 0 spiro atoms. The number of H-pyrrole nitrogens is 1. The van der Waals surface area contributed by atoms with Crippen LogP contribution in [0.25, 0.3) is 10.9 Å². The highest BCUT2D eigenvalue weighted by atomic mass is 35.5. The summed E-state index contributed by atoms with van der Waals surface area (Å²) in [5.41, 5.74) is 1.44. The number of rotatable bonds is 3. The fourth-order valence-corrected chi connectivity index (χ4v) is 3.53. The summed E-state index contributed by atoms with van der Waals surface area (Å²) in [6.45, 7) is 1.62. The largest absolute Gasteiger partial charge is 0.465 e. The summed E-state index contributed by atoms with van der Waals surface area (Å²) in [6.07, 6.45) is -4.20. The van der Waals surface area contributed by atoms with Crippen molar-refractivity contribution in [3.63, 3.8) is 0 Å². The minimum Gasteiger partial charge on any atom is -0.465 e. The van der Waals surface area contributed by atoms with Gasteiger partial charge >= 0.3 is 12.1 Å². The lowest BCUT2D eigenvalue weighted by Gasteiger charge is -2.10. The number of ether oxygens (including phenoxy) is 1. The van der Waals surface area contributed by atoms with Gasteiger partial charge in [-0.3, -0.25) is 0 Å². The van der Waals surface area contributed by atoms with Crippen molar-refractivity contribution < 1.29 is 22.7 Å². The molecule has 1 N–H and O–H groups in total. The second-order valence-electron chi connectivity index (χ2n) is 6.10. The van der Waals surface area contributed by atoms with Crippen LogP contribution >= 0.6 is 23.2 Å². The molecule has 2 aromatic carbocycles. The molecule has 0 amide bonds. The van der Waals surface area contributed by atoms with Gasteiger partial charge in [-0.15, -0.1) is 0 Å². The van der Waals surface area contributed by atoms with Crippen LogP contribution in [0, 0.1) is 6.92 Å². The van der Waals surface area contributed by atoms with Crippen molar-refractivity contribution in [1.82, 2.24) is 4.98 Å². The Kier molecular flexibility index (Phi) is 5.14. The van der Waals surface area contributed by atoms with Crippen LogP contribution in [0.1, 0.15) is 32.7 Å². The smallest absolute Gasteiger partial charge is 0.416 e. The van der Waals surface area contributed by atoms with E-state index in [1.54, 1.807) is 13.0 Å². The number of carbonyl (C=O) groups is 1. The van der Waals surface area contributed by atoms with Crippen LogP contribution in [0.3, 0.4) is 0 Å². The Morgan fingerprint density at radius 2 is 1.89 bits per heavy atom. The summed E-state index contributed by atoms with van der Waals surface area (Å²) in [7, 11) is 1.24. The highest BCUT2D eigenvalue weighted by Crippen LogP contribution is 2.35. The maximum Gasteiger partial charge on any atom is 0.416 e. The number of halogens is 5. The van der Waals surface area contributed by atoms with Crippen LogP contribution in [0.15, 0.2) is 30.3 Å². The molecule has 0 aliphatic rings. The predicted octanol–water partition coefficient (Wildman–Crippen LogP) is 6.18. The molecule has 27 heavy (non-hydrogen) atoms. The molecule has 3 rings (SSSR count). The van der Waals surface area contributed by atoms with Gasteiger partial charge < -0.3 is 9.72 Å². The highest BCUT2D eigenvalue weighted by molar-refractivity contribution is 6.38. The molecule has 142 valence electrons. The minimum absolute atomic E-state index is 0.153. The van der Waals surface area contributed by atoms with Crippen LogP contribution in [0.5, 0.6) is 0 Å². The number of benzene rings is 2. The number of nitrogens with one attached hydrogen (secondary N) is 1. The predicted molar refractivity (Wildman–Crippen MR) is 98.6 cm³/mol. The van der Waals surface area contributed by atoms with Crippen molar-refractivity contribution in [2.24, 2.45) is 0 Å². The quantitative estimate of drug-likeness (QED) is 0.518. The molecule has 0 saturated carbocycles. The van der Waals surface area contributed by atoms with Gasteiger partial charge in [-0.05, 0) is 48.4 Å². The monoisotopic (exact) mass is 415 g/mol. The summed E-state index contributed by atoms with van der Waals surface area (Å²) in [5.74, 6) is -0.597. The average Bonchev–Trinajstić information content (AvgIpc) is 3.00. The van der Waals surface area contributed by atoms with Gasteiger partial charge in [0, 0.05) is 28.0 Å². The first-order valence-electron chi connectivity index (χ1n) is 7.86. The van der Waals surface area contributed by atoms with Gasteiger partial charge in [0.25, 0.3) is 0 Å². The van der Waals surface area contributed by atoms with E-state index in [1.165, 1.54) is 19.2 Å². The molecule has 1 heterocycles. The Bertz CT molecular complexity index is 1040. The number of aryl methyl sites for hydroxylation is 1. The number of methoxy groups -OCH3 is 1. The van der Waals surface area contributed by atoms with Gasteiger partial charge in [-0.1, -0.05) is 23.2 Å². The van der Waals surface area contributed by atoms with Crippen molar-refractivity contribution >= 4 is 40.1 Å². The molecule has 0 bridgehead atoms. The van der Waals surface area contributed by atoms with E-state index in [-0.39, 0.29) is 17.0 Å². The van der Waals surface area contributed by atoms with E-state index >= 15 is 0 Å². The Labute approximate surface area is 163 Å². The zero-order valence-corrected chi connectivity index (χ0v) is 15.8. The summed E-state index contributed by atoms with van der Waals surface area (Å²) >= 11 is 12.5. The lowest BCUT2D eigenvalue weighted by molar-refractivity contribution is -0.137. The summed E-state index contributed by atoms with van der Waals surface area (Å²) < 4.78 is 43.7. The number of hydrogen-bond acceptors (Lipinski definition) is 2. The fourth-order valence-electron chi connectivity index (χ4n) is 2.95. The Morgan fingerprint density at radius 3 is 2.52 bits per heavy atom. The molecule has 0 atom stereocenters. The zero-order chi connectivity index (χ0) is 19.9. The molecule has 0 fully saturated rings. The second-order valence-corrected chi connectivity index (χ2v) is 6.89. The minimum atomic E-state index is -4.42. The third kappa shape index (κ3) is 3.77. The van der Waals surface area contributed by atoms with Crippen molar-refractivity contribution in [3.05, 3.63) is 68.3 Å². The van der Waals surface area contributed by atoms with Gasteiger partial charge in [0.1, 0.15) is 0 Å². The first-order valence-corrected chi connectivity index (χ1v) is 8.62. The zero-order valence-electron chi connectivity index (χ0n) is 14.3. The van der Waals surface area contributed by atoms with Gasteiger partial charge in [-0.2, -0.15) is 13.2 Å². The Morgan fingerprint density at radius 1 is 1.19 bits per heavy atom. The number of aromatic amines is 1. The van der Waals surface area contributed by atoms with E-state index in [1.807, 2.05) is 0 Å². The molecule has 8 heteroatoms. The number of aromatic nitrogens is 1. The third-order valence-electron chi connectivity index (χ3n) is 4.29. The summed E-state index contributed by atoms with van der Waals surface area (Å²) in [4.78, 5) is 14.8. The van der Waals surface area contributed by atoms with Crippen molar-refractivity contribution in [3.8, 4) is 0 Å². The number of esters is 1. The molecule has 0 aliphatic heterocycles. The number of carbonyl (C=O) groups excluding carboxylic acids is 1. The maximum absolute atomic E-state index is 13.0. The first-order chi connectivity index (χ1) is 12.6. The van der Waals surface area contributed by atoms with E-state index in [9.17, 15) is 18.0 Å². The van der Waals surface area contributed by atoms with E-state index in [0.29, 0.717) is 32.7 Å². The van der Waals surface area contributed by atoms with Crippen molar-refractivity contribution in [2.45, 2.75) is 19.5 Å². The van der Waals surface area contributed by atoms with Crippen molar-refractivity contribution in [2.75, 3.05) is 7.11 Å². The topological polar surface area (TPSA) is 42.1 Å². The average molecular weight is 416 g/mol. The maximum atomic E-state index is 13.0. The van der Waals surface area contributed by atoms with E-state index in [2.05, 4.69) is 4.98 Å². The standard InChI is InChI=1S/C19H14Cl2F3NO2/c1-9-5-10(19(22,23)24)6-16-13(9)7-11(25-16)8-14-15(20)4-3-12(17(14)21)18(26)27-2/h3-7,25H,8H2,1-2H3. The summed E-state index contributed by atoms with van der Waals surface area (Å²) in [6, 6.07) is 6.93. The van der Waals surface area contributed by atoms with E-state index < -0.39 is 17.7 Å². The second kappa shape index (κ2) is 7.09. The lowest BCUT2D eigenvalue weighted by Crippen LogP contribution is -2.05. The van der Waals surface area contributed by atoms with Crippen molar-refractivity contribution in [1.29, 1.82) is 0 Å². The Balaban J connectivity index is 2.05. The van der Waals surface area contributed by atoms with Gasteiger partial charge in [0.15, 0.2) is 0 Å². The molecule has 0 radical (unpaired) electrons. The molecule has 3 aromatic rings. The van der Waals surface area contributed by atoms with Crippen LogP contribution in [-0.2, 0) is 17.3 Å². The highest BCUT2D eigenvalue weighted by Gasteiger charge is 2.31. The molecular weight excluding hydrogens is 402 g/mol. The van der Waals surface area contributed by atoms with Crippen LogP contribution in [0.2, 0.25) is 10.0 Å². The number of fused-ring (bicyclic) bond motifs is 1. The van der Waals surface area contributed by atoms with Gasteiger partial charge in [-0.25, -0.2) is 4.79 Å². The first kappa shape index (κ1) is 19.6. The normalized spacial score (nSPS) is 11.8. The molecule has 3 nitrogen and oxygen atoms in total. The van der Waals surface area contributed by atoms with Gasteiger partial charge in [0.05, 0.1) is 23.3 Å². The molecule has 0 saturated heterocycles. The van der Waals surface area contributed by atoms with Crippen LogP contribution in [0.4, 0.5) is 13.2 Å². The number of hydrogen-bond donors (Lipinski definition) is 1. The van der Waals surface area contributed by atoms with Crippen LogP contribution < -0.4 is 0 Å². The molecular formula is C19H14Cl2F3NO2. The number of alkyl halides is 3. The van der Waals surface area contributed by atoms with E-state index in [0.717, 1.165) is 12.1 Å². The molecule has 0 unspecified atom stereocenters. The molecule has 0 aliphatic carbocycles. The molecule has 1 aromatic heterocycles. The SMILES string of the molecule is COC(=O)c1ccc(Cl)c(Cc2cc3c(C)cc(C(F)(F)F)cc3[nH]2)c1Cl. The van der Waals surface area contributed by atoms with Gasteiger partial charge in [0.2, 0.25) is 0 Å². The summed E-state index contributed by atoms with van der Waals surface area (Å²) in [5, 5.41) is 1.18. The van der Waals surface area contributed by atoms with E-state index in [4.69, 9.17) is 27.9 Å². The van der Waals surface area contributed by atoms with Crippen LogP contribution in [-0.4, -0.2) is 18.1 Å².